The Labute approximate surface area is 200 Å². The van der Waals surface area contributed by atoms with Gasteiger partial charge in [0.2, 0.25) is 0 Å². The van der Waals surface area contributed by atoms with Gasteiger partial charge in [-0.15, -0.1) is 0 Å². The molecule has 33 heavy (non-hydrogen) atoms. The summed E-state index contributed by atoms with van der Waals surface area (Å²) in [6, 6.07) is 19.8. The molecule has 0 N–H and O–H groups in total. The molecule has 1 nitrogen and oxygen atoms in total. The van der Waals surface area contributed by atoms with Crippen molar-refractivity contribution in [3.05, 3.63) is 119 Å². The summed E-state index contributed by atoms with van der Waals surface area (Å²) < 4.78 is 0. The van der Waals surface area contributed by atoms with Crippen LogP contribution in [0.5, 0.6) is 0 Å². The minimum atomic E-state index is -0.0661. The predicted octanol–water partition coefficient (Wildman–Crippen LogP) is 9.20. The van der Waals surface area contributed by atoms with Crippen LogP contribution in [0, 0.1) is 5.92 Å². The predicted molar refractivity (Wildman–Crippen MR) is 144 cm³/mol. The number of fused-ring (bicyclic) bond motifs is 2. The Hall–Kier alpha value is -3.06. The lowest BCUT2D eigenvalue weighted by Crippen LogP contribution is -2.38. The minimum Gasteiger partial charge on any atom is -0.310 e. The standard InChI is InChI=1S/C32H37N/c1-7-25-21-32(22-26(25)20-24(5)6)28-16-12-13-17-31(28)33(27-14-10-9-11-15-27)30(8-2)29(32)19-18-23(3)4/h7-19,24H,1,20-22H2,2-6H3/b29-19+,30-8+. The third-order valence-corrected chi connectivity index (χ3v) is 6.93. The van der Waals surface area contributed by atoms with Crippen LogP contribution in [0.25, 0.3) is 0 Å². The first-order valence-corrected chi connectivity index (χ1v) is 12.2. The third kappa shape index (κ3) is 4.17. The Bertz CT molecular complexity index is 1150. The number of allylic oxidation sites excluding steroid dienone is 8. The zero-order chi connectivity index (χ0) is 23.6. The fourth-order valence-electron chi connectivity index (χ4n) is 5.63. The molecule has 1 atom stereocenters. The first kappa shape index (κ1) is 23.1. The van der Waals surface area contributed by atoms with E-state index in [1.165, 1.54) is 39.4 Å². The lowest BCUT2D eigenvalue weighted by molar-refractivity contribution is 0.511. The summed E-state index contributed by atoms with van der Waals surface area (Å²) in [5, 5.41) is 0. The second-order valence-corrected chi connectivity index (χ2v) is 10.1. The number of anilines is 2. The van der Waals surface area contributed by atoms with Gasteiger partial charge in [-0.1, -0.05) is 92.3 Å². The van der Waals surface area contributed by atoms with E-state index < -0.39 is 0 Å². The van der Waals surface area contributed by atoms with E-state index in [1.807, 2.05) is 0 Å². The van der Waals surface area contributed by atoms with Crippen molar-refractivity contribution in [2.45, 2.75) is 59.3 Å². The minimum absolute atomic E-state index is 0.0661. The summed E-state index contributed by atoms with van der Waals surface area (Å²) in [4.78, 5) is 2.44. The monoisotopic (exact) mass is 435 g/mol. The Morgan fingerprint density at radius 1 is 1.03 bits per heavy atom. The van der Waals surface area contributed by atoms with Crippen LogP contribution in [0.1, 0.15) is 59.4 Å². The highest BCUT2D eigenvalue weighted by atomic mass is 15.2. The lowest BCUT2D eigenvalue weighted by atomic mass is 9.66. The number of benzene rings is 2. The molecule has 1 aliphatic heterocycles. The fraction of sp³-hybridized carbons (Fsp3) is 0.312. The maximum Gasteiger partial charge on any atom is 0.0502 e. The van der Waals surface area contributed by atoms with Gasteiger partial charge < -0.3 is 4.90 Å². The molecule has 170 valence electrons. The quantitative estimate of drug-likeness (QED) is 0.452. The first-order chi connectivity index (χ1) is 15.9. The van der Waals surface area contributed by atoms with Gasteiger partial charge in [0.1, 0.15) is 0 Å². The summed E-state index contributed by atoms with van der Waals surface area (Å²) >= 11 is 0. The number of para-hydroxylation sites is 2. The zero-order valence-corrected chi connectivity index (χ0v) is 20.9. The van der Waals surface area contributed by atoms with Crippen molar-refractivity contribution in [2.75, 3.05) is 4.90 Å². The van der Waals surface area contributed by atoms with Crippen LogP contribution in [0.2, 0.25) is 0 Å². The van der Waals surface area contributed by atoms with E-state index >= 15 is 0 Å². The molecule has 0 bridgehead atoms. The molecule has 2 aliphatic rings. The molecular formula is C32H37N. The van der Waals surface area contributed by atoms with Gasteiger partial charge in [-0.05, 0) is 80.9 Å². The van der Waals surface area contributed by atoms with Crippen LogP contribution in [0.3, 0.4) is 0 Å². The molecule has 0 aromatic heterocycles. The van der Waals surface area contributed by atoms with Crippen molar-refractivity contribution in [1.82, 2.24) is 0 Å². The van der Waals surface area contributed by atoms with Gasteiger partial charge >= 0.3 is 0 Å². The Kier molecular flexibility index (Phi) is 6.61. The van der Waals surface area contributed by atoms with Crippen LogP contribution >= 0.6 is 0 Å². The molecule has 0 fully saturated rings. The molecule has 1 unspecified atom stereocenters. The van der Waals surface area contributed by atoms with Gasteiger partial charge in [-0.3, -0.25) is 0 Å². The lowest BCUT2D eigenvalue weighted by Gasteiger charge is -2.46. The summed E-state index contributed by atoms with van der Waals surface area (Å²) in [5.74, 6) is 0.635. The van der Waals surface area contributed by atoms with Gasteiger partial charge in [-0.2, -0.15) is 0 Å². The van der Waals surface area contributed by atoms with Crippen LogP contribution in [0.15, 0.2) is 113 Å². The maximum atomic E-state index is 4.22. The van der Waals surface area contributed by atoms with E-state index in [9.17, 15) is 0 Å². The van der Waals surface area contributed by atoms with E-state index in [0.717, 1.165) is 19.3 Å². The molecule has 1 aliphatic carbocycles. The van der Waals surface area contributed by atoms with E-state index in [1.54, 1.807) is 5.57 Å². The van der Waals surface area contributed by atoms with Crippen LogP contribution in [0.4, 0.5) is 11.4 Å². The van der Waals surface area contributed by atoms with E-state index in [4.69, 9.17) is 0 Å². The van der Waals surface area contributed by atoms with Crippen LogP contribution < -0.4 is 4.90 Å². The van der Waals surface area contributed by atoms with Crippen molar-refractivity contribution in [3.63, 3.8) is 0 Å². The van der Waals surface area contributed by atoms with Gasteiger partial charge in [0.25, 0.3) is 0 Å². The molecule has 4 rings (SSSR count). The van der Waals surface area contributed by atoms with E-state index in [2.05, 4.69) is 125 Å². The number of rotatable bonds is 5. The topological polar surface area (TPSA) is 3.24 Å². The second kappa shape index (κ2) is 9.43. The Balaban J connectivity index is 2.00. The number of nitrogens with zero attached hydrogens (tertiary/aromatic N) is 1. The van der Waals surface area contributed by atoms with Crippen LogP contribution in [-0.2, 0) is 5.41 Å². The maximum absolute atomic E-state index is 4.22. The normalized spacial score (nSPS) is 22.4. The molecular weight excluding hydrogens is 398 g/mol. The number of hydrogen-bond acceptors (Lipinski definition) is 1. The molecule has 1 spiro atoms. The molecule has 0 saturated heterocycles. The molecule has 1 heterocycles. The van der Waals surface area contributed by atoms with Crippen LogP contribution in [-0.4, -0.2) is 0 Å². The smallest absolute Gasteiger partial charge is 0.0502 e. The average Bonchev–Trinajstić information content (AvgIpc) is 3.16. The van der Waals surface area contributed by atoms with Gasteiger partial charge in [0.15, 0.2) is 0 Å². The van der Waals surface area contributed by atoms with Crippen molar-refractivity contribution in [2.24, 2.45) is 5.92 Å². The summed E-state index contributed by atoms with van der Waals surface area (Å²) in [6.07, 6.45) is 12.3. The summed E-state index contributed by atoms with van der Waals surface area (Å²) in [5.41, 5.74) is 10.9. The number of hydrogen-bond donors (Lipinski definition) is 0. The Morgan fingerprint density at radius 3 is 2.36 bits per heavy atom. The molecule has 0 radical (unpaired) electrons. The van der Waals surface area contributed by atoms with Gasteiger partial charge in [0.05, 0.1) is 5.69 Å². The van der Waals surface area contributed by atoms with Crippen molar-refractivity contribution in [3.8, 4) is 0 Å². The molecule has 2 aromatic rings. The summed E-state index contributed by atoms with van der Waals surface area (Å²) in [7, 11) is 0. The Morgan fingerprint density at radius 2 is 1.73 bits per heavy atom. The molecule has 0 amide bonds. The third-order valence-electron chi connectivity index (χ3n) is 6.93. The highest BCUT2D eigenvalue weighted by Gasteiger charge is 2.49. The molecule has 0 saturated carbocycles. The van der Waals surface area contributed by atoms with Gasteiger partial charge in [-0.25, -0.2) is 0 Å². The van der Waals surface area contributed by atoms with E-state index in [0.29, 0.717) is 5.92 Å². The average molecular weight is 436 g/mol. The van der Waals surface area contributed by atoms with E-state index in [-0.39, 0.29) is 5.41 Å². The second-order valence-electron chi connectivity index (χ2n) is 10.1. The molecule has 1 heteroatoms. The zero-order valence-electron chi connectivity index (χ0n) is 20.9. The SMILES string of the molecule is C=CC1=C(CC(C)C)CC2(C1)C(=C/C=C(C)C)/C(=C\C)N(c1ccccc1)c1ccccc12. The first-order valence-electron chi connectivity index (χ1n) is 12.2. The van der Waals surface area contributed by atoms with Crippen molar-refractivity contribution >= 4 is 11.4 Å². The van der Waals surface area contributed by atoms with Gasteiger partial charge in [0, 0.05) is 16.8 Å². The molecule has 2 aromatic carbocycles. The largest absolute Gasteiger partial charge is 0.310 e. The van der Waals surface area contributed by atoms with Crippen molar-refractivity contribution in [1.29, 1.82) is 0 Å². The highest BCUT2D eigenvalue weighted by molar-refractivity contribution is 5.81. The fourth-order valence-corrected chi connectivity index (χ4v) is 5.63. The highest BCUT2D eigenvalue weighted by Crippen LogP contribution is 2.59. The summed E-state index contributed by atoms with van der Waals surface area (Å²) in [6.45, 7) is 15.4. The van der Waals surface area contributed by atoms with Crippen molar-refractivity contribution < 1.29 is 0 Å².